The Bertz CT molecular complexity index is 908. The molecule has 2 aromatic heterocycles. The Hall–Kier alpha value is -2.51. The highest BCUT2D eigenvalue weighted by molar-refractivity contribution is 5.67. The highest BCUT2D eigenvalue weighted by Crippen LogP contribution is 2.27. The van der Waals surface area contributed by atoms with Gasteiger partial charge in [0.2, 0.25) is 0 Å². The van der Waals surface area contributed by atoms with Gasteiger partial charge in [0, 0.05) is 36.8 Å². The maximum absolute atomic E-state index is 13.2. The van der Waals surface area contributed by atoms with Gasteiger partial charge in [-0.1, -0.05) is 0 Å². The summed E-state index contributed by atoms with van der Waals surface area (Å²) < 4.78 is 15.0. The van der Waals surface area contributed by atoms with Gasteiger partial charge in [-0.25, -0.2) is 9.37 Å². The second-order valence-electron chi connectivity index (χ2n) is 6.94. The van der Waals surface area contributed by atoms with Crippen LogP contribution >= 0.6 is 0 Å². The van der Waals surface area contributed by atoms with Crippen LogP contribution in [0.1, 0.15) is 6.42 Å². The lowest BCUT2D eigenvalue weighted by Crippen LogP contribution is -2.52. The Labute approximate surface area is 151 Å². The zero-order chi connectivity index (χ0) is 18.3. The van der Waals surface area contributed by atoms with Gasteiger partial charge in [0.15, 0.2) is 5.65 Å². The second kappa shape index (κ2) is 6.66. The number of aliphatic hydroxyl groups is 1. The van der Waals surface area contributed by atoms with Gasteiger partial charge in [0.25, 0.3) is 0 Å². The first-order valence-electron chi connectivity index (χ1n) is 8.73. The van der Waals surface area contributed by atoms with E-state index in [1.54, 1.807) is 22.8 Å². The monoisotopic (exact) mass is 355 g/mol. The maximum atomic E-state index is 13.2. The van der Waals surface area contributed by atoms with Gasteiger partial charge in [-0.05, 0) is 44.8 Å². The van der Waals surface area contributed by atoms with Crippen molar-refractivity contribution < 1.29 is 9.50 Å². The molecule has 4 rings (SSSR count). The number of piperidine rings is 1. The van der Waals surface area contributed by atoms with E-state index in [1.165, 1.54) is 12.1 Å². The molecule has 2 atom stereocenters. The Morgan fingerprint density at radius 3 is 2.65 bits per heavy atom. The first-order chi connectivity index (χ1) is 12.5. The van der Waals surface area contributed by atoms with Crippen molar-refractivity contribution in [2.24, 2.45) is 0 Å². The molecule has 0 spiro atoms. The molecule has 1 aliphatic heterocycles. The molecule has 1 saturated heterocycles. The van der Waals surface area contributed by atoms with Crippen molar-refractivity contribution in [1.82, 2.24) is 19.5 Å². The topological polar surface area (TPSA) is 56.9 Å². The summed E-state index contributed by atoms with van der Waals surface area (Å²) in [5.41, 5.74) is 2.34. The van der Waals surface area contributed by atoms with E-state index in [-0.39, 0.29) is 11.9 Å². The number of benzene rings is 1. The van der Waals surface area contributed by atoms with Crippen LogP contribution in [-0.2, 0) is 0 Å². The Morgan fingerprint density at radius 1 is 1.19 bits per heavy atom. The number of β-amino-alcohol motifs (C(OH)–C–C–N with tert-alkyl or cyclic N) is 1. The van der Waals surface area contributed by atoms with E-state index >= 15 is 0 Å². The molecular formula is C19H22FN5O. The molecule has 3 aromatic rings. The molecule has 0 amide bonds. The van der Waals surface area contributed by atoms with E-state index < -0.39 is 6.10 Å². The number of likely N-dealkylation sites (N-methyl/N-ethyl adjacent to an activating group) is 1. The van der Waals surface area contributed by atoms with Gasteiger partial charge >= 0.3 is 0 Å². The average molecular weight is 355 g/mol. The second-order valence-corrected chi connectivity index (χ2v) is 6.94. The van der Waals surface area contributed by atoms with Gasteiger partial charge in [-0.3, -0.25) is 0 Å². The standard InChI is InChI=1S/C19H22FN5O/c1-23(2)16-8-10-24(12-17(16)26)19-11-15(13-3-5-14(20)6-4-13)22-18-7-9-21-25(18)19/h3-7,9,11,16-17,26H,8,10,12H2,1-2H3/t16-,17-/m1/s1. The van der Waals surface area contributed by atoms with E-state index in [0.717, 1.165) is 35.7 Å². The number of rotatable bonds is 3. The molecule has 26 heavy (non-hydrogen) atoms. The van der Waals surface area contributed by atoms with Gasteiger partial charge in [0.1, 0.15) is 11.6 Å². The van der Waals surface area contributed by atoms with Crippen LogP contribution in [0.3, 0.4) is 0 Å². The van der Waals surface area contributed by atoms with Crippen LogP contribution in [0.2, 0.25) is 0 Å². The Balaban J connectivity index is 1.73. The van der Waals surface area contributed by atoms with Crippen molar-refractivity contribution in [1.29, 1.82) is 0 Å². The molecule has 0 saturated carbocycles. The summed E-state index contributed by atoms with van der Waals surface area (Å²) in [6.07, 6.45) is 2.14. The van der Waals surface area contributed by atoms with E-state index in [2.05, 4.69) is 19.9 Å². The third-order valence-electron chi connectivity index (χ3n) is 5.01. The molecule has 0 unspecified atom stereocenters. The van der Waals surface area contributed by atoms with Crippen molar-refractivity contribution in [3.05, 3.63) is 48.4 Å². The van der Waals surface area contributed by atoms with E-state index in [9.17, 15) is 9.50 Å². The molecule has 1 aliphatic rings. The molecule has 1 aromatic carbocycles. The average Bonchev–Trinajstić information content (AvgIpc) is 3.09. The quantitative estimate of drug-likeness (QED) is 0.779. The highest BCUT2D eigenvalue weighted by Gasteiger charge is 2.30. The molecule has 136 valence electrons. The normalized spacial score (nSPS) is 20.9. The van der Waals surface area contributed by atoms with Crippen molar-refractivity contribution in [3.8, 4) is 11.3 Å². The number of halogens is 1. The summed E-state index contributed by atoms with van der Waals surface area (Å²) in [4.78, 5) is 8.84. The molecule has 3 heterocycles. The maximum Gasteiger partial charge on any atom is 0.157 e. The first-order valence-corrected chi connectivity index (χ1v) is 8.73. The molecular weight excluding hydrogens is 333 g/mol. The van der Waals surface area contributed by atoms with Crippen LogP contribution in [0.25, 0.3) is 16.9 Å². The van der Waals surface area contributed by atoms with Crippen LogP contribution in [0.15, 0.2) is 42.6 Å². The minimum absolute atomic E-state index is 0.151. The van der Waals surface area contributed by atoms with Crippen LogP contribution in [-0.4, -0.2) is 63.9 Å². The predicted molar refractivity (Wildman–Crippen MR) is 98.7 cm³/mol. The summed E-state index contributed by atoms with van der Waals surface area (Å²) in [5, 5.41) is 14.9. The smallest absolute Gasteiger partial charge is 0.157 e. The summed E-state index contributed by atoms with van der Waals surface area (Å²) >= 11 is 0. The Kier molecular flexibility index (Phi) is 4.34. The Morgan fingerprint density at radius 2 is 1.96 bits per heavy atom. The van der Waals surface area contributed by atoms with Gasteiger partial charge in [-0.2, -0.15) is 9.61 Å². The van der Waals surface area contributed by atoms with E-state index in [4.69, 9.17) is 0 Å². The summed E-state index contributed by atoms with van der Waals surface area (Å²) in [6.45, 7) is 1.35. The zero-order valence-electron chi connectivity index (χ0n) is 14.9. The van der Waals surface area contributed by atoms with Crippen molar-refractivity contribution in [2.75, 3.05) is 32.1 Å². The number of hydrogen-bond donors (Lipinski definition) is 1. The fourth-order valence-corrected chi connectivity index (χ4v) is 3.62. The molecule has 0 radical (unpaired) electrons. The molecule has 7 heteroatoms. The number of hydrogen-bond acceptors (Lipinski definition) is 5. The molecule has 1 N–H and O–H groups in total. The van der Waals surface area contributed by atoms with Gasteiger partial charge in [-0.15, -0.1) is 0 Å². The molecule has 0 aliphatic carbocycles. The van der Waals surface area contributed by atoms with Crippen LogP contribution in [0, 0.1) is 5.82 Å². The minimum atomic E-state index is -0.438. The molecule has 6 nitrogen and oxygen atoms in total. The SMILES string of the molecule is CN(C)[C@@H]1CCN(c2cc(-c3ccc(F)cc3)nc3ccnn23)C[C@H]1O. The largest absolute Gasteiger partial charge is 0.390 e. The van der Waals surface area contributed by atoms with Crippen molar-refractivity contribution in [3.63, 3.8) is 0 Å². The molecule has 0 bridgehead atoms. The van der Waals surface area contributed by atoms with Crippen molar-refractivity contribution in [2.45, 2.75) is 18.6 Å². The summed E-state index contributed by atoms with van der Waals surface area (Å²) in [5.74, 6) is 0.615. The van der Waals surface area contributed by atoms with Gasteiger partial charge in [0.05, 0.1) is 18.0 Å². The van der Waals surface area contributed by atoms with Gasteiger partial charge < -0.3 is 14.9 Å². The van der Waals surface area contributed by atoms with Crippen molar-refractivity contribution >= 4 is 11.5 Å². The van der Waals surface area contributed by atoms with E-state index in [1.807, 2.05) is 26.2 Å². The first kappa shape index (κ1) is 16.9. The number of fused-ring (bicyclic) bond motifs is 1. The van der Waals surface area contributed by atoms with Crippen LogP contribution in [0.5, 0.6) is 0 Å². The van der Waals surface area contributed by atoms with E-state index in [0.29, 0.717) is 6.54 Å². The summed E-state index contributed by atoms with van der Waals surface area (Å²) in [7, 11) is 3.99. The molecule has 1 fully saturated rings. The number of anilines is 1. The number of aromatic nitrogens is 3. The fourth-order valence-electron chi connectivity index (χ4n) is 3.62. The zero-order valence-corrected chi connectivity index (χ0v) is 14.9. The van der Waals surface area contributed by atoms with Crippen LogP contribution < -0.4 is 4.90 Å². The lowest BCUT2D eigenvalue weighted by atomic mass is 10.0. The third kappa shape index (κ3) is 3.04. The number of aliphatic hydroxyl groups excluding tert-OH is 1. The fraction of sp³-hybridized carbons (Fsp3) is 0.368. The van der Waals surface area contributed by atoms with Crippen LogP contribution in [0.4, 0.5) is 10.2 Å². The minimum Gasteiger partial charge on any atom is -0.390 e. The summed E-state index contributed by atoms with van der Waals surface area (Å²) in [6, 6.07) is 10.3. The third-order valence-corrected chi connectivity index (χ3v) is 5.01. The highest BCUT2D eigenvalue weighted by atomic mass is 19.1. The number of nitrogens with zero attached hydrogens (tertiary/aromatic N) is 5. The predicted octanol–water partition coefficient (Wildman–Crippen LogP) is 2.04. The lowest BCUT2D eigenvalue weighted by molar-refractivity contribution is 0.0627. The lowest BCUT2D eigenvalue weighted by Gasteiger charge is -2.40.